The van der Waals surface area contributed by atoms with Gasteiger partial charge in [-0.25, -0.2) is 0 Å². The number of ether oxygens (including phenoxy) is 1. The van der Waals surface area contributed by atoms with E-state index in [9.17, 15) is 0 Å². The van der Waals surface area contributed by atoms with Crippen LogP contribution in [0.2, 0.25) is 0 Å². The van der Waals surface area contributed by atoms with Crippen molar-refractivity contribution in [3.05, 3.63) is 0 Å². The molecule has 0 aliphatic carbocycles. The molecule has 0 bridgehead atoms. The van der Waals surface area contributed by atoms with E-state index in [4.69, 9.17) is 4.74 Å². The average Bonchev–Trinajstić information content (AvgIpc) is 2.15. The molecule has 0 saturated carbocycles. The summed E-state index contributed by atoms with van der Waals surface area (Å²) in [6, 6.07) is 0. The van der Waals surface area contributed by atoms with Gasteiger partial charge in [0.25, 0.3) is 0 Å². The molecule has 1 heterocycles. The molecule has 0 radical (unpaired) electrons. The Labute approximate surface area is 88.4 Å². The lowest BCUT2D eigenvalue weighted by atomic mass is 9.79. The predicted molar refractivity (Wildman–Crippen MR) is 60.5 cm³/mol. The van der Waals surface area contributed by atoms with E-state index in [1.807, 2.05) is 0 Å². The molecule has 1 rings (SSSR count). The van der Waals surface area contributed by atoms with Gasteiger partial charge in [-0.15, -0.1) is 0 Å². The number of nitrogens with one attached hydrogen (secondary N) is 1. The molecule has 14 heavy (non-hydrogen) atoms. The standard InChI is InChI=1S/C12H25NO/c1-5-12(7-6-8-14-10-12)9-13-11(2,3)4/h13H,5-10H2,1-4H3. The van der Waals surface area contributed by atoms with Crippen LogP contribution in [0, 0.1) is 5.41 Å². The normalized spacial score (nSPS) is 29.1. The third kappa shape index (κ3) is 3.58. The van der Waals surface area contributed by atoms with E-state index in [1.165, 1.54) is 19.3 Å². The van der Waals surface area contributed by atoms with Crippen LogP contribution < -0.4 is 5.32 Å². The molecule has 1 aliphatic rings. The second kappa shape index (κ2) is 4.63. The molecular formula is C12H25NO. The summed E-state index contributed by atoms with van der Waals surface area (Å²) in [4.78, 5) is 0. The van der Waals surface area contributed by atoms with Crippen molar-refractivity contribution in [1.82, 2.24) is 5.32 Å². The lowest BCUT2D eigenvalue weighted by Gasteiger charge is -2.38. The molecular weight excluding hydrogens is 174 g/mol. The highest BCUT2D eigenvalue weighted by Gasteiger charge is 2.31. The van der Waals surface area contributed by atoms with Gasteiger partial charge in [-0.05, 0) is 40.0 Å². The van der Waals surface area contributed by atoms with Crippen LogP contribution in [0.4, 0.5) is 0 Å². The summed E-state index contributed by atoms with van der Waals surface area (Å²) in [5, 5.41) is 3.60. The molecule has 0 aromatic heterocycles. The van der Waals surface area contributed by atoms with Gasteiger partial charge in [-0.2, -0.15) is 0 Å². The number of hydrogen-bond donors (Lipinski definition) is 1. The fraction of sp³-hybridized carbons (Fsp3) is 1.00. The van der Waals surface area contributed by atoms with E-state index < -0.39 is 0 Å². The zero-order valence-electron chi connectivity index (χ0n) is 10.2. The van der Waals surface area contributed by atoms with E-state index in [0.29, 0.717) is 5.41 Å². The molecule has 0 aromatic rings. The van der Waals surface area contributed by atoms with Crippen molar-refractivity contribution in [3.63, 3.8) is 0 Å². The van der Waals surface area contributed by atoms with Crippen LogP contribution in [0.25, 0.3) is 0 Å². The summed E-state index contributed by atoms with van der Waals surface area (Å²) in [7, 11) is 0. The van der Waals surface area contributed by atoms with E-state index in [-0.39, 0.29) is 5.54 Å². The Morgan fingerprint density at radius 1 is 1.36 bits per heavy atom. The van der Waals surface area contributed by atoms with Crippen LogP contribution in [0.5, 0.6) is 0 Å². The zero-order valence-corrected chi connectivity index (χ0v) is 10.2. The monoisotopic (exact) mass is 199 g/mol. The molecule has 2 heteroatoms. The summed E-state index contributed by atoms with van der Waals surface area (Å²) in [5.41, 5.74) is 0.616. The van der Waals surface area contributed by atoms with Crippen LogP contribution >= 0.6 is 0 Å². The van der Waals surface area contributed by atoms with Crippen molar-refractivity contribution >= 4 is 0 Å². The maximum absolute atomic E-state index is 5.60. The molecule has 1 aliphatic heterocycles. The summed E-state index contributed by atoms with van der Waals surface area (Å²) >= 11 is 0. The fourth-order valence-corrected chi connectivity index (χ4v) is 1.91. The first kappa shape index (κ1) is 12.0. The highest BCUT2D eigenvalue weighted by molar-refractivity contribution is 4.85. The Hall–Kier alpha value is -0.0800. The van der Waals surface area contributed by atoms with Crippen LogP contribution in [0.3, 0.4) is 0 Å². The van der Waals surface area contributed by atoms with Gasteiger partial charge in [-0.1, -0.05) is 6.92 Å². The highest BCUT2D eigenvalue weighted by atomic mass is 16.5. The molecule has 2 nitrogen and oxygen atoms in total. The van der Waals surface area contributed by atoms with Gasteiger partial charge in [0.15, 0.2) is 0 Å². The van der Waals surface area contributed by atoms with Gasteiger partial charge < -0.3 is 10.1 Å². The Balaban J connectivity index is 2.44. The van der Waals surface area contributed by atoms with E-state index in [1.54, 1.807) is 0 Å². The van der Waals surface area contributed by atoms with Gasteiger partial charge in [0.2, 0.25) is 0 Å². The van der Waals surface area contributed by atoms with Crippen LogP contribution in [0.15, 0.2) is 0 Å². The summed E-state index contributed by atoms with van der Waals surface area (Å²) in [6.07, 6.45) is 3.75. The topological polar surface area (TPSA) is 21.3 Å². The minimum atomic E-state index is 0.222. The first-order valence-electron chi connectivity index (χ1n) is 5.80. The average molecular weight is 199 g/mol. The molecule has 0 spiro atoms. The summed E-state index contributed by atoms with van der Waals surface area (Å²) in [6.45, 7) is 11.9. The van der Waals surface area contributed by atoms with E-state index in [2.05, 4.69) is 33.0 Å². The van der Waals surface area contributed by atoms with Crippen LogP contribution in [-0.2, 0) is 4.74 Å². The molecule has 1 N–H and O–H groups in total. The Morgan fingerprint density at radius 2 is 2.07 bits per heavy atom. The molecule has 1 saturated heterocycles. The minimum Gasteiger partial charge on any atom is -0.381 e. The Bertz CT molecular complexity index is 166. The quantitative estimate of drug-likeness (QED) is 0.754. The molecule has 0 amide bonds. The van der Waals surface area contributed by atoms with Crippen molar-refractivity contribution < 1.29 is 4.74 Å². The summed E-state index contributed by atoms with van der Waals surface area (Å²) in [5.74, 6) is 0. The number of rotatable bonds is 3. The second-order valence-corrected chi connectivity index (χ2v) is 5.61. The lowest BCUT2D eigenvalue weighted by Crippen LogP contribution is -2.47. The van der Waals surface area contributed by atoms with Gasteiger partial charge >= 0.3 is 0 Å². The third-order valence-electron chi connectivity index (χ3n) is 3.15. The maximum atomic E-state index is 5.60. The van der Waals surface area contributed by atoms with Gasteiger partial charge in [0, 0.05) is 24.1 Å². The highest BCUT2D eigenvalue weighted by Crippen LogP contribution is 2.31. The lowest BCUT2D eigenvalue weighted by molar-refractivity contribution is -0.0121. The predicted octanol–water partition coefficient (Wildman–Crippen LogP) is 2.58. The smallest absolute Gasteiger partial charge is 0.0534 e. The van der Waals surface area contributed by atoms with Crippen molar-refractivity contribution in [3.8, 4) is 0 Å². The second-order valence-electron chi connectivity index (χ2n) is 5.61. The molecule has 84 valence electrons. The molecule has 1 atom stereocenters. The van der Waals surface area contributed by atoms with Crippen molar-refractivity contribution in [2.75, 3.05) is 19.8 Å². The van der Waals surface area contributed by atoms with Crippen LogP contribution in [0.1, 0.15) is 47.0 Å². The first-order valence-corrected chi connectivity index (χ1v) is 5.80. The van der Waals surface area contributed by atoms with Gasteiger partial charge in [-0.3, -0.25) is 0 Å². The SMILES string of the molecule is CCC1(CNC(C)(C)C)CCCOC1. The molecule has 0 aromatic carbocycles. The Morgan fingerprint density at radius 3 is 2.50 bits per heavy atom. The third-order valence-corrected chi connectivity index (χ3v) is 3.15. The number of hydrogen-bond acceptors (Lipinski definition) is 2. The fourth-order valence-electron chi connectivity index (χ4n) is 1.91. The van der Waals surface area contributed by atoms with E-state index in [0.717, 1.165) is 19.8 Å². The maximum Gasteiger partial charge on any atom is 0.0534 e. The molecule has 1 unspecified atom stereocenters. The van der Waals surface area contributed by atoms with E-state index >= 15 is 0 Å². The summed E-state index contributed by atoms with van der Waals surface area (Å²) < 4.78 is 5.60. The Kier molecular flexibility index (Phi) is 3.96. The minimum absolute atomic E-state index is 0.222. The van der Waals surface area contributed by atoms with Crippen molar-refractivity contribution in [1.29, 1.82) is 0 Å². The van der Waals surface area contributed by atoms with Crippen molar-refractivity contribution in [2.45, 2.75) is 52.5 Å². The largest absolute Gasteiger partial charge is 0.381 e. The van der Waals surface area contributed by atoms with Gasteiger partial charge in [0.1, 0.15) is 0 Å². The zero-order chi connectivity index (χ0) is 10.7. The van der Waals surface area contributed by atoms with Crippen LogP contribution in [-0.4, -0.2) is 25.3 Å². The van der Waals surface area contributed by atoms with Gasteiger partial charge in [0.05, 0.1) is 6.61 Å². The molecule has 1 fully saturated rings. The first-order chi connectivity index (χ1) is 6.47. The van der Waals surface area contributed by atoms with Crippen molar-refractivity contribution in [2.24, 2.45) is 5.41 Å².